The molecule has 0 aliphatic carbocycles. The van der Waals surface area contributed by atoms with Crippen LogP contribution in [0.3, 0.4) is 0 Å². The van der Waals surface area contributed by atoms with Crippen molar-refractivity contribution in [2.45, 2.75) is 26.5 Å². The number of halogens is 1. The van der Waals surface area contributed by atoms with Crippen LogP contribution in [0.4, 0.5) is 0 Å². The normalized spacial score (nSPS) is 11.4. The van der Waals surface area contributed by atoms with Crippen molar-refractivity contribution < 1.29 is 19.1 Å². The number of carbonyl (C=O) groups excluding carboxylic acids is 2. The van der Waals surface area contributed by atoms with Gasteiger partial charge in [0.1, 0.15) is 11.5 Å². The molecule has 2 aromatic rings. The molecule has 0 saturated carbocycles. The lowest BCUT2D eigenvalue weighted by Gasteiger charge is -2.16. The Morgan fingerprint density at radius 2 is 1.81 bits per heavy atom. The van der Waals surface area contributed by atoms with E-state index in [1.54, 1.807) is 32.2 Å². The van der Waals surface area contributed by atoms with Crippen LogP contribution >= 0.6 is 11.6 Å². The summed E-state index contributed by atoms with van der Waals surface area (Å²) in [6.45, 7) is 3.72. The van der Waals surface area contributed by atoms with Gasteiger partial charge in [0.25, 0.3) is 5.91 Å². The first-order chi connectivity index (χ1) is 12.9. The molecule has 0 fully saturated rings. The van der Waals surface area contributed by atoms with Crippen LogP contribution in [0.2, 0.25) is 5.02 Å². The summed E-state index contributed by atoms with van der Waals surface area (Å²) in [6.07, 6.45) is -0.737. The van der Waals surface area contributed by atoms with Gasteiger partial charge >= 0.3 is 0 Å². The third-order valence-corrected chi connectivity index (χ3v) is 4.12. The average molecular weight is 391 g/mol. The van der Waals surface area contributed by atoms with Gasteiger partial charge < -0.3 is 20.1 Å². The fourth-order valence-electron chi connectivity index (χ4n) is 2.31. The second kappa shape index (κ2) is 9.83. The Morgan fingerprint density at radius 1 is 1.11 bits per heavy atom. The molecule has 0 aliphatic rings. The lowest BCUT2D eigenvalue weighted by atomic mass is 10.2. The fourth-order valence-corrected chi connectivity index (χ4v) is 2.53. The summed E-state index contributed by atoms with van der Waals surface area (Å²) in [5.74, 6) is 0.672. The zero-order valence-electron chi connectivity index (χ0n) is 15.5. The molecule has 0 aliphatic heterocycles. The molecule has 2 aromatic carbocycles. The highest BCUT2D eigenvalue weighted by Crippen LogP contribution is 2.22. The van der Waals surface area contributed by atoms with Gasteiger partial charge in [0, 0.05) is 11.6 Å². The first-order valence-electron chi connectivity index (χ1n) is 8.49. The van der Waals surface area contributed by atoms with Gasteiger partial charge in [-0.3, -0.25) is 9.59 Å². The molecular formula is C20H23ClN2O4. The van der Waals surface area contributed by atoms with E-state index in [0.717, 1.165) is 16.9 Å². The van der Waals surface area contributed by atoms with E-state index < -0.39 is 6.10 Å². The van der Waals surface area contributed by atoms with E-state index in [-0.39, 0.29) is 18.4 Å². The third kappa shape index (κ3) is 6.49. The summed E-state index contributed by atoms with van der Waals surface area (Å²) in [5.41, 5.74) is 1.77. The Balaban J connectivity index is 1.75. The Morgan fingerprint density at radius 3 is 2.44 bits per heavy atom. The van der Waals surface area contributed by atoms with Crippen molar-refractivity contribution in [3.8, 4) is 11.5 Å². The molecule has 27 heavy (non-hydrogen) atoms. The minimum absolute atomic E-state index is 0.123. The van der Waals surface area contributed by atoms with Crippen molar-refractivity contribution in [2.75, 3.05) is 13.7 Å². The van der Waals surface area contributed by atoms with Crippen LogP contribution in [-0.2, 0) is 16.1 Å². The molecule has 1 atom stereocenters. The van der Waals surface area contributed by atoms with Gasteiger partial charge in [-0.2, -0.15) is 0 Å². The summed E-state index contributed by atoms with van der Waals surface area (Å²) in [7, 11) is 1.60. The van der Waals surface area contributed by atoms with Gasteiger partial charge in [-0.05, 0) is 55.3 Å². The minimum atomic E-state index is -0.737. The Labute approximate surface area is 163 Å². The van der Waals surface area contributed by atoms with Gasteiger partial charge in [-0.15, -0.1) is 0 Å². The van der Waals surface area contributed by atoms with Crippen LogP contribution in [0.1, 0.15) is 18.1 Å². The minimum Gasteiger partial charge on any atom is -0.497 e. The lowest BCUT2D eigenvalue weighted by Crippen LogP contribution is -2.42. The molecule has 0 radical (unpaired) electrons. The molecule has 0 heterocycles. The van der Waals surface area contributed by atoms with E-state index in [2.05, 4.69) is 10.6 Å². The van der Waals surface area contributed by atoms with Crippen molar-refractivity contribution in [2.24, 2.45) is 0 Å². The molecule has 7 heteroatoms. The maximum atomic E-state index is 12.1. The highest BCUT2D eigenvalue weighted by Gasteiger charge is 2.16. The van der Waals surface area contributed by atoms with E-state index in [9.17, 15) is 9.59 Å². The zero-order valence-corrected chi connectivity index (χ0v) is 16.3. The monoisotopic (exact) mass is 390 g/mol. The van der Waals surface area contributed by atoms with Gasteiger partial charge in [0.15, 0.2) is 6.10 Å². The summed E-state index contributed by atoms with van der Waals surface area (Å²) in [6, 6.07) is 12.5. The summed E-state index contributed by atoms with van der Waals surface area (Å²) < 4.78 is 10.7. The maximum absolute atomic E-state index is 12.1. The molecular weight excluding hydrogens is 368 g/mol. The number of rotatable bonds is 8. The van der Waals surface area contributed by atoms with E-state index in [1.165, 1.54) is 0 Å². The summed E-state index contributed by atoms with van der Waals surface area (Å²) in [5, 5.41) is 5.91. The first kappa shape index (κ1) is 20.6. The van der Waals surface area contributed by atoms with Crippen molar-refractivity contribution >= 4 is 23.4 Å². The van der Waals surface area contributed by atoms with Crippen LogP contribution in [0, 0.1) is 6.92 Å². The number of hydrogen-bond acceptors (Lipinski definition) is 4. The van der Waals surface area contributed by atoms with Gasteiger partial charge in [-0.25, -0.2) is 0 Å². The molecule has 6 nitrogen and oxygen atoms in total. The standard InChI is InChI=1S/C20H23ClN2O4/c1-13-10-16(21)6-9-18(13)27-14(2)20(25)23-12-19(24)22-11-15-4-7-17(26-3)8-5-15/h4-10,14H,11-12H2,1-3H3,(H,22,24)(H,23,25). The third-order valence-electron chi connectivity index (χ3n) is 3.88. The van der Waals surface area contributed by atoms with Crippen LogP contribution < -0.4 is 20.1 Å². The summed E-state index contributed by atoms with van der Waals surface area (Å²) in [4.78, 5) is 24.0. The zero-order chi connectivity index (χ0) is 19.8. The highest BCUT2D eigenvalue weighted by atomic mass is 35.5. The number of aryl methyl sites for hydroxylation is 1. The van der Waals surface area contributed by atoms with Crippen molar-refractivity contribution in [1.29, 1.82) is 0 Å². The second-order valence-corrected chi connectivity index (χ2v) is 6.45. The van der Waals surface area contributed by atoms with Crippen LogP contribution in [-0.4, -0.2) is 31.6 Å². The Hall–Kier alpha value is -2.73. The topological polar surface area (TPSA) is 76.7 Å². The SMILES string of the molecule is COc1ccc(CNC(=O)CNC(=O)C(C)Oc2ccc(Cl)cc2C)cc1. The largest absolute Gasteiger partial charge is 0.497 e. The molecule has 0 saturated heterocycles. The van der Waals surface area contributed by atoms with Crippen molar-refractivity contribution in [3.05, 3.63) is 58.6 Å². The van der Waals surface area contributed by atoms with Crippen LogP contribution in [0.5, 0.6) is 11.5 Å². The number of ether oxygens (including phenoxy) is 2. The highest BCUT2D eigenvalue weighted by molar-refractivity contribution is 6.30. The number of carbonyl (C=O) groups is 2. The predicted octanol–water partition coefficient (Wildman–Crippen LogP) is 2.86. The molecule has 0 spiro atoms. The van der Waals surface area contributed by atoms with Gasteiger partial charge in [0.2, 0.25) is 5.91 Å². The predicted molar refractivity (Wildman–Crippen MR) is 104 cm³/mol. The maximum Gasteiger partial charge on any atom is 0.261 e. The molecule has 144 valence electrons. The molecule has 2 rings (SSSR count). The van der Waals surface area contributed by atoms with Crippen LogP contribution in [0.15, 0.2) is 42.5 Å². The summed E-state index contributed by atoms with van der Waals surface area (Å²) >= 11 is 5.90. The fraction of sp³-hybridized carbons (Fsp3) is 0.300. The Kier molecular flexibility index (Phi) is 7.49. The van der Waals surface area contributed by atoms with Gasteiger partial charge in [0.05, 0.1) is 13.7 Å². The van der Waals surface area contributed by atoms with Crippen LogP contribution in [0.25, 0.3) is 0 Å². The lowest BCUT2D eigenvalue weighted by molar-refractivity contribution is -0.130. The molecule has 2 amide bonds. The van der Waals surface area contributed by atoms with Crippen molar-refractivity contribution in [1.82, 2.24) is 10.6 Å². The first-order valence-corrected chi connectivity index (χ1v) is 8.87. The number of nitrogens with one attached hydrogen (secondary N) is 2. The van der Waals surface area contributed by atoms with Crippen molar-refractivity contribution in [3.63, 3.8) is 0 Å². The molecule has 0 bridgehead atoms. The average Bonchev–Trinajstić information content (AvgIpc) is 2.66. The molecule has 1 unspecified atom stereocenters. The van der Waals surface area contributed by atoms with Gasteiger partial charge in [-0.1, -0.05) is 23.7 Å². The number of benzene rings is 2. The molecule has 2 N–H and O–H groups in total. The number of amides is 2. The number of hydrogen-bond donors (Lipinski definition) is 2. The second-order valence-electron chi connectivity index (χ2n) is 6.01. The smallest absolute Gasteiger partial charge is 0.261 e. The number of methoxy groups -OCH3 is 1. The van der Waals surface area contributed by atoms with E-state index in [0.29, 0.717) is 17.3 Å². The molecule has 0 aromatic heterocycles. The Bertz CT molecular complexity index is 793. The van der Waals surface area contributed by atoms with E-state index in [1.807, 2.05) is 31.2 Å². The van der Waals surface area contributed by atoms with E-state index in [4.69, 9.17) is 21.1 Å². The van der Waals surface area contributed by atoms with E-state index >= 15 is 0 Å². The quantitative estimate of drug-likeness (QED) is 0.726.